The molecular formula is C15H11Cl2N5. The molecule has 3 rings (SSSR count). The lowest BCUT2D eigenvalue weighted by atomic mass is 10.1. The number of H-pyrrole nitrogens is 1. The van der Waals surface area contributed by atoms with Crippen molar-refractivity contribution in [3.8, 4) is 22.6 Å². The van der Waals surface area contributed by atoms with E-state index in [2.05, 4.69) is 26.5 Å². The predicted molar refractivity (Wildman–Crippen MR) is 88.3 cm³/mol. The summed E-state index contributed by atoms with van der Waals surface area (Å²) in [5.41, 5.74) is 7.99. The van der Waals surface area contributed by atoms with Crippen molar-refractivity contribution in [3.05, 3.63) is 59.2 Å². The second kappa shape index (κ2) is 5.79. The van der Waals surface area contributed by atoms with Crippen LogP contribution in [0.2, 0.25) is 10.0 Å². The van der Waals surface area contributed by atoms with Crippen molar-refractivity contribution in [2.45, 2.75) is 0 Å². The molecule has 3 aromatic rings. The lowest BCUT2D eigenvalue weighted by Gasteiger charge is -2.10. The second-order valence-corrected chi connectivity index (χ2v) is 5.39. The maximum Gasteiger partial charge on any atom is 0.175 e. The lowest BCUT2D eigenvalue weighted by molar-refractivity contribution is 1.10. The van der Waals surface area contributed by atoms with E-state index in [1.54, 1.807) is 36.8 Å². The fraction of sp³-hybridized carbons (Fsp3) is 0. The molecule has 0 spiro atoms. The molecular weight excluding hydrogens is 321 g/mol. The van der Waals surface area contributed by atoms with E-state index in [0.29, 0.717) is 38.5 Å². The zero-order chi connectivity index (χ0) is 15.7. The molecule has 0 aliphatic heterocycles. The van der Waals surface area contributed by atoms with Gasteiger partial charge in [0, 0.05) is 29.2 Å². The minimum Gasteiger partial charge on any atom is -0.396 e. The summed E-state index contributed by atoms with van der Waals surface area (Å²) >= 11 is 12.3. The third kappa shape index (κ3) is 2.68. The van der Waals surface area contributed by atoms with Crippen molar-refractivity contribution in [3.63, 3.8) is 0 Å². The Kier molecular flexibility index (Phi) is 3.83. The zero-order valence-corrected chi connectivity index (χ0v) is 12.9. The molecule has 0 saturated heterocycles. The van der Waals surface area contributed by atoms with Crippen LogP contribution < -0.4 is 5.73 Å². The number of nitrogens with one attached hydrogen (secondary N) is 1. The van der Waals surface area contributed by atoms with E-state index in [1.165, 1.54) is 0 Å². The molecule has 0 fully saturated rings. The summed E-state index contributed by atoms with van der Waals surface area (Å²) in [6.07, 6.45) is 5.01. The first-order valence-corrected chi connectivity index (χ1v) is 7.09. The molecule has 2 heterocycles. The monoisotopic (exact) mass is 331 g/mol. The number of benzene rings is 1. The van der Waals surface area contributed by atoms with Gasteiger partial charge in [0.2, 0.25) is 0 Å². The quantitative estimate of drug-likeness (QED) is 0.765. The Morgan fingerprint density at radius 2 is 2.00 bits per heavy atom. The van der Waals surface area contributed by atoms with Crippen LogP contribution >= 0.6 is 23.2 Å². The van der Waals surface area contributed by atoms with Gasteiger partial charge in [-0.3, -0.25) is 0 Å². The average molecular weight is 332 g/mol. The first-order chi connectivity index (χ1) is 10.6. The topological polar surface area (TPSA) is 80.5 Å². The highest BCUT2D eigenvalue weighted by Crippen LogP contribution is 2.34. The maximum atomic E-state index is 6.30. The Hall–Kier alpha value is -2.37. The Bertz CT molecular complexity index is 843. The van der Waals surface area contributed by atoms with Crippen molar-refractivity contribution in [2.24, 2.45) is 5.73 Å². The molecule has 0 aliphatic carbocycles. The van der Waals surface area contributed by atoms with E-state index in [9.17, 15) is 0 Å². The highest BCUT2D eigenvalue weighted by atomic mass is 35.5. The standard InChI is InChI=1S/C15H11Cl2N5/c1-8(18)14-21-7-11(15-19-4-5-20-15)13(22-14)10-3-2-9(16)6-12(10)17/h2-7H,1,18H2,(H,19,20). The molecule has 0 amide bonds. The minimum atomic E-state index is 0.275. The van der Waals surface area contributed by atoms with E-state index >= 15 is 0 Å². The number of nitrogens with two attached hydrogens (primary N) is 1. The molecule has 3 N–H and O–H groups in total. The Balaban J connectivity index is 2.26. The van der Waals surface area contributed by atoms with E-state index < -0.39 is 0 Å². The number of hydrogen-bond donors (Lipinski definition) is 2. The Morgan fingerprint density at radius 3 is 2.64 bits per heavy atom. The summed E-state index contributed by atoms with van der Waals surface area (Å²) in [7, 11) is 0. The maximum absolute atomic E-state index is 6.30. The molecule has 0 saturated carbocycles. The zero-order valence-electron chi connectivity index (χ0n) is 11.3. The van der Waals surface area contributed by atoms with E-state index in [0.717, 1.165) is 0 Å². The van der Waals surface area contributed by atoms with Crippen LogP contribution in [-0.2, 0) is 0 Å². The van der Waals surface area contributed by atoms with Gasteiger partial charge in [-0.15, -0.1) is 0 Å². The van der Waals surface area contributed by atoms with Gasteiger partial charge in [0.15, 0.2) is 5.82 Å². The average Bonchev–Trinajstić information content (AvgIpc) is 3.00. The molecule has 0 unspecified atom stereocenters. The van der Waals surface area contributed by atoms with E-state index in [1.807, 2.05) is 0 Å². The van der Waals surface area contributed by atoms with Crippen LogP contribution in [0.1, 0.15) is 5.82 Å². The minimum absolute atomic E-state index is 0.275. The van der Waals surface area contributed by atoms with Crippen molar-refractivity contribution in [2.75, 3.05) is 0 Å². The fourth-order valence-corrected chi connectivity index (χ4v) is 2.51. The Morgan fingerprint density at radius 1 is 1.18 bits per heavy atom. The number of imidazole rings is 1. The van der Waals surface area contributed by atoms with Crippen LogP contribution in [-0.4, -0.2) is 19.9 Å². The summed E-state index contributed by atoms with van der Waals surface area (Å²) in [6.45, 7) is 3.66. The molecule has 1 aromatic carbocycles. The molecule has 2 aromatic heterocycles. The summed E-state index contributed by atoms with van der Waals surface area (Å²) in [6, 6.07) is 5.19. The van der Waals surface area contributed by atoms with E-state index in [4.69, 9.17) is 28.9 Å². The van der Waals surface area contributed by atoms with Crippen LogP contribution in [0, 0.1) is 0 Å². The highest BCUT2D eigenvalue weighted by Gasteiger charge is 2.16. The number of aromatic nitrogens is 4. The molecule has 0 radical (unpaired) electrons. The summed E-state index contributed by atoms with van der Waals surface area (Å²) < 4.78 is 0. The normalized spacial score (nSPS) is 10.6. The van der Waals surface area contributed by atoms with Crippen molar-refractivity contribution >= 4 is 28.9 Å². The predicted octanol–water partition coefficient (Wildman–Crippen LogP) is 3.77. The molecule has 22 heavy (non-hydrogen) atoms. The number of aromatic amines is 1. The van der Waals surface area contributed by atoms with Crippen LogP contribution in [0.3, 0.4) is 0 Å². The second-order valence-electron chi connectivity index (χ2n) is 4.54. The molecule has 0 atom stereocenters. The molecule has 5 nitrogen and oxygen atoms in total. The van der Waals surface area contributed by atoms with Crippen LogP contribution in [0.5, 0.6) is 0 Å². The van der Waals surface area contributed by atoms with Gasteiger partial charge in [0.1, 0.15) is 5.82 Å². The van der Waals surface area contributed by atoms with E-state index in [-0.39, 0.29) is 5.70 Å². The highest BCUT2D eigenvalue weighted by molar-refractivity contribution is 6.36. The first kappa shape index (κ1) is 14.6. The fourth-order valence-electron chi connectivity index (χ4n) is 2.01. The van der Waals surface area contributed by atoms with Gasteiger partial charge in [0.05, 0.1) is 22.0 Å². The van der Waals surface area contributed by atoms with Crippen LogP contribution in [0.4, 0.5) is 0 Å². The molecule has 0 bridgehead atoms. The number of nitrogens with zero attached hydrogens (tertiary/aromatic N) is 3. The Labute approximate surface area is 136 Å². The molecule has 110 valence electrons. The van der Waals surface area contributed by atoms with Crippen molar-refractivity contribution in [1.82, 2.24) is 19.9 Å². The smallest absolute Gasteiger partial charge is 0.175 e. The van der Waals surface area contributed by atoms with Gasteiger partial charge in [0.25, 0.3) is 0 Å². The van der Waals surface area contributed by atoms with Crippen molar-refractivity contribution < 1.29 is 0 Å². The molecule has 0 aliphatic rings. The number of hydrogen-bond acceptors (Lipinski definition) is 4. The lowest BCUT2D eigenvalue weighted by Crippen LogP contribution is -2.04. The van der Waals surface area contributed by atoms with Crippen LogP contribution in [0.25, 0.3) is 28.3 Å². The third-order valence-corrected chi connectivity index (χ3v) is 3.56. The largest absolute Gasteiger partial charge is 0.396 e. The number of halogens is 2. The SMILES string of the molecule is C=C(N)c1ncc(-c2ncc[nH]2)c(-c2ccc(Cl)cc2Cl)n1. The van der Waals surface area contributed by atoms with Gasteiger partial charge >= 0.3 is 0 Å². The number of rotatable bonds is 3. The van der Waals surface area contributed by atoms with Crippen LogP contribution in [0.15, 0.2) is 43.4 Å². The van der Waals surface area contributed by atoms with Gasteiger partial charge < -0.3 is 10.7 Å². The first-order valence-electron chi connectivity index (χ1n) is 6.33. The summed E-state index contributed by atoms with van der Waals surface area (Å²) in [5, 5.41) is 1.03. The van der Waals surface area contributed by atoms with Gasteiger partial charge in [-0.1, -0.05) is 29.8 Å². The summed E-state index contributed by atoms with van der Waals surface area (Å²) in [4.78, 5) is 15.9. The molecule has 7 heteroatoms. The van der Waals surface area contributed by atoms with Crippen molar-refractivity contribution in [1.29, 1.82) is 0 Å². The van der Waals surface area contributed by atoms with Gasteiger partial charge in [-0.05, 0) is 18.2 Å². The summed E-state index contributed by atoms with van der Waals surface area (Å²) in [5.74, 6) is 0.978. The van der Waals surface area contributed by atoms with Gasteiger partial charge in [-0.2, -0.15) is 0 Å². The third-order valence-electron chi connectivity index (χ3n) is 3.02. The van der Waals surface area contributed by atoms with Gasteiger partial charge in [-0.25, -0.2) is 15.0 Å².